The number of allylic oxidation sites excluding steroid dienone is 1. The number of hydrogen-bond donors (Lipinski definition) is 2. The maximum Gasteiger partial charge on any atom is 0.251 e. The molecule has 4 aromatic rings. The summed E-state index contributed by atoms with van der Waals surface area (Å²) < 4.78 is 1.90. The number of thiazole rings is 1. The van der Waals surface area contributed by atoms with Crippen LogP contribution in [0.3, 0.4) is 0 Å². The third kappa shape index (κ3) is 7.01. The van der Waals surface area contributed by atoms with E-state index in [9.17, 15) is 9.59 Å². The quantitative estimate of drug-likeness (QED) is 0.171. The van der Waals surface area contributed by atoms with Crippen molar-refractivity contribution in [2.45, 2.75) is 45.4 Å². The van der Waals surface area contributed by atoms with Crippen LogP contribution in [-0.4, -0.2) is 37.3 Å². The number of aromatic nitrogens is 4. The average Bonchev–Trinajstić information content (AvgIpc) is 3.48. The van der Waals surface area contributed by atoms with Crippen molar-refractivity contribution < 1.29 is 9.59 Å². The number of benzene rings is 2. The molecule has 0 saturated carbocycles. The van der Waals surface area contributed by atoms with Gasteiger partial charge in [0.1, 0.15) is 0 Å². The molecule has 0 bridgehead atoms. The maximum absolute atomic E-state index is 13.0. The molecule has 2 aromatic carbocycles. The number of anilines is 1. The van der Waals surface area contributed by atoms with Crippen molar-refractivity contribution in [2.75, 3.05) is 11.1 Å². The second kappa shape index (κ2) is 12.9. The second-order valence-corrected chi connectivity index (χ2v) is 11.6. The highest BCUT2D eigenvalue weighted by Crippen LogP contribution is 2.31. The van der Waals surface area contributed by atoms with Crippen molar-refractivity contribution in [3.63, 3.8) is 0 Å². The molecule has 0 spiro atoms. The minimum absolute atomic E-state index is 0.0552. The SMILES string of the molecule is C=CCn1c(SCC(=O)Nc2nc(-c3ccccc3)c(C)s2)nnc1[C@H](NC(=O)c1cccc(C)c1)C(C)C. The summed E-state index contributed by atoms with van der Waals surface area (Å²) in [4.78, 5) is 31.5. The smallest absolute Gasteiger partial charge is 0.251 e. The van der Waals surface area contributed by atoms with Crippen molar-refractivity contribution in [3.05, 3.63) is 89.1 Å². The molecular weight excluding hydrogens is 528 g/mol. The van der Waals surface area contributed by atoms with Gasteiger partial charge in [-0.3, -0.25) is 9.59 Å². The van der Waals surface area contributed by atoms with E-state index in [1.165, 1.54) is 23.1 Å². The lowest BCUT2D eigenvalue weighted by atomic mass is 10.0. The average molecular weight is 561 g/mol. The largest absolute Gasteiger partial charge is 0.342 e. The van der Waals surface area contributed by atoms with Crippen LogP contribution in [0.25, 0.3) is 11.3 Å². The molecule has 0 aliphatic heterocycles. The third-order valence-electron chi connectivity index (χ3n) is 5.99. The van der Waals surface area contributed by atoms with Crippen LogP contribution in [0, 0.1) is 19.8 Å². The van der Waals surface area contributed by atoms with E-state index in [1.54, 1.807) is 12.1 Å². The van der Waals surface area contributed by atoms with Crippen LogP contribution in [0.15, 0.2) is 72.4 Å². The summed E-state index contributed by atoms with van der Waals surface area (Å²) in [7, 11) is 0. The molecule has 8 nitrogen and oxygen atoms in total. The lowest BCUT2D eigenvalue weighted by Crippen LogP contribution is -2.34. The number of carbonyl (C=O) groups is 2. The highest BCUT2D eigenvalue weighted by atomic mass is 32.2. The zero-order chi connectivity index (χ0) is 27.9. The Bertz CT molecular complexity index is 1460. The molecule has 0 aliphatic carbocycles. The number of nitrogens with one attached hydrogen (secondary N) is 2. The summed E-state index contributed by atoms with van der Waals surface area (Å²) in [6.45, 7) is 12.3. The Morgan fingerprint density at radius 2 is 1.87 bits per heavy atom. The molecule has 0 unspecified atom stereocenters. The van der Waals surface area contributed by atoms with Crippen molar-refractivity contribution in [1.29, 1.82) is 0 Å². The Kier molecular flexibility index (Phi) is 9.32. The predicted molar refractivity (Wildman–Crippen MR) is 158 cm³/mol. The van der Waals surface area contributed by atoms with Gasteiger partial charge in [0.2, 0.25) is 5.91 Å². The van der Waals surface area contributed by atoms with Gasteiger partial charge in [-0.05, 0) is 31.9 Å². The van der Waals surface area contributed by atoms with Gasteiger partial charge in [-0.15, -0.1) is 28.1 Å². The highest BCUT2D eigenvalue weighted by Gasteiger charge is 2.26. The van der Waals surface area contributed by atoms with E-state index in [0.29, 0.717) is 28.2 Å². The van der Waals surface area contributed by atoms with Crippen LogP contribution in [0.2, 0.25) is 0 Å². The number of hydrogen-bond acceptors (Lipinski definition) is 7. The molecule has 4 rings (SSSR count). The fraction of sp³-hybridized carbons (Fsp3) is 0.276. The van der Waals surface area contributed by atoms with Crippen LogP contribution in [-0.2, 0) is 11.3 Å². The van der Waals surface area contributed by atoms with Gasteiger partial charge < -0.3 is 15.2 Å². The zero-order valence-electron chi connectivity index (χ0n) is 22.5. The summed E-state index contributed by atoms with van der Waals surface area (Å²) in [6, 6.07) is 17.0. The summed E-state index contributed by atoms with van der Waals surface area (Å²) >= 11 is 2.73. The molecule has 39 heavy (non-hydrogen) atoms. The van der Waals surface area contributed by atoms with Gasteiger partial charge in [0.05, 0.1) is 17.5 Å². The van der Waals surface area contributed by atoms with Crippen molar-refractivity contribution in [1.82, 2.24) is 25.1 Å². The molecule has 0 saturated heterocycles. The minimum Gasteiger partial charge on any atom is -0.342 e. The highest BCUT2D eigenvalue weighted by molar-refractivity contribution is 7.99. The first kappa shape index (κ1) is 28.3. The molecule has 10 heteroatoms. The zero-order valence-corrected chi connectivity index (χ0v) is 24.1. The Labute approximate surface area is 237 Å². The molecule has 2 N–H and O–H groups in total. The van der Waals surface area contributed by atoms with E-state index in [4.69, 9.17) is 0 Å². The van der Waals surface area contributed by atoms with E-state index in [-0.39, 0.29) is 29.5 Å². The normalized spacial score (nSPS) is 11.8. The van der Waals surface area contributed by atoms with Gasteiger partial charge in [0, 0.05) is 22.5 Å². The molecular formula is C29H32N6O2S2. The summed E-state index contributed by atoms with van der Waals surface area (Å²) in [5.74, 6) is 0.455. The topological polar surface area (TPSA) is 102 Å². The van der Waals surface area contributed by atoms with Crippen molar-refractivity contribution in [3.8, 4) is 11.3 Å². The van der Waals surface area contributed by atoms with Gasteiger partial charge in [0.25, 0.3) is 5.91 Å². The number of nitrogens with zero attached hydrogens (tertiary/aromatic N) is 4. The van der Waals surface area contributed by atoms with Gasteiger partial charge >= 0.3 is 0 Å². The fourth-order valence-corrected chi connectivity index (χ4v) is 5.68. The maximum atomic E-state index is 13.0. The molecule has 2 amide bonds. The molecule has 2 heterocycles. The van der Waals surface area contributed by atoms with Crippen LogP contribution < -0.4 is 10.6 Å². The van der Waals surface area contributed by atoms with Gasteiger partial charge in [-0.1, -0.05) is 79.7 Å². The monoisotopic (exact) mass is 560 g/mol. The Morgan fingerprint density at radius 3 is 2.56 bits per heavy atom. The van der Waals surface area contributed by atoms with E-state index in [2.05, 4.69) is 32.4 Å². The summed E-state index contributed by atoms with van der Waals surface area (Å²) in [6.07, 6.45) is 1.75. The van der Waals surface area contributed by atoms with Crippen LogP contribution >= 0.6 is 23.1 Å². The molecule has 0 fully saturated rings. The van der Waals surface area contributed by atoms with E-state index in [0.717, 1.165) is 21.7 Å². The minimum atomic E-state index is -0.372. The van der Waals surface area contributed by atoms with Gasteiger partial charge in [-0.25, -0.2) is 4.98 Å². The van der Waals surface area contributed by atoms with E-state index < -0.39 is 0 Å². The molecule has 202 valence electrons. The van der Waals surface area contributed by atoms with Crippen LogP contribution in [0.4, 0.5) is 5.13 Å². The van der Waals surface area contributed by atoms with E-state index in [1.807, 2.05) is 80.8 Å². The van der Waals surface area contributed by atoms with Crippen LogP contribution in [0.1, 0.15) is 46.5 Å². The molecule has 1 atom stereocenters. The van der Waals surface area contributed by atoms with Gasteiger partial charge in [-0.2, -0.15) is 0 Å². The lowest BCUT2D eigenvalue weighted by Gasteiger charge is -2.22. The van der Waals surface area contributed by atoms with Crippen molar-refractivity contribution >= 4 is 40.0 Å². The number of rotatable bonds is 11. The van der Waals surface area contributed by atoms with E-state index >= 15 is 0 Å². The Hall–Kier alpha value is -3.76. The molecule has 0 radical (unpaired) electrons. The standard InChI is InChI=1S/C29H32N6O2S2/c1-6-15-35-26(24(18(2)3)31-27(37)22-14-10-11-19(4)16-22)33-34-29(35)38-17-23(36)30-28-32-25(20(5)39-28)21-12-8-7-9-13-21/h6-14,16,18,24H,1,15,17H2,2-5H3,(H,31,37)(H,30,32,36)/t24-/m1/s1. The molecule has 0 aliphatic rings. The summed E-state index contributed by atoms with van der Waals surface area (Å²) in [5, 5.41) is 15.9. The Morgan fingerprint density at radius 1 is 1.10 bits per heavy atom. The second-order valence-electron chi connectivity index (χ2n) is 9.43. The van der Waals surface area contributed by atoms with Gasteiger partial charge in [0.15, 0.2) is 16.1 Å². The first-order chi connectivity index (χ1) is 18.8. The predicted octanol–water partition coefficient (Wildman–Crippen LogP) is 6.06. The third-order valence-corrected chi connectivity index (χ3v) is 7.84. The Balaban J connectivity index is 1.46. The van der Waals surface area contributed by atoms with Crippen LogP contribution in [0.5, 0.6) is 0 Å². The summed E-state index contributed by atoms with van der Waals surface area (Å²) in [5.41, 5.74) is 3.49. The number of aryl methyl sites for hydroxylation is 2. The number of thioether (sulfide) groups is 1. The number of amides is 2. The first-order valence-electron chi connectivity index (χ1n) is 12.6. The lowest BCUT2D eigenvalue weighted by molar-refractivity contribution is -0.113. The first-order valence-corrected chi connectivity index (χ1v) is 14.4. The number of carbonyl (C=O) groups excluding carboxylic acids is 2. The molecule has 2 aromatic heterocycles. The van der Waals surface area contributed by atoms with Crippen molar-refractivity contribution in [2.24, 2.45) is 5.92 Å². The fourth-order valence-electron chi connectivity index (χ4n) is 4.08.